The number of carboxylic acids is 1. The van der Waals surface area contributed by atoms with Crippen LogP contribution in [0.1, 0.15) is 36.0 Å². The topological polar surface area (TPSA) is 87.8 Å². The largest absolute Gasteiger partial charge is 0.494 e. The zero-order valence-electron chi connectivity index (χ0n) is 15.5. The molecule has 7 nitrogen and oxygen atoms in total. The standard InChI is InChI=1S/C19H24FN3O4/c1-23-10-4-3-5-13(23)8-9-21-18-16(19(24)25)17(27-22-18)12-6-7-14(20)15(11-12)26-2/h6-7,11,13H,3-5,8-10H2,1-2H3,(H,21,22)(H,24,25). The van der Waals surface area contributed by atoms with E-state index in [0.29, 0.717) is 18.2 Å². The first-order valence-electron chi connectivity index (χ1n) is 9.02. The SMILES string of the molecule is COc1cc(-c2onc(NCCC3CCCCN3C)c2C(=O)O)ccc1F. The number of likely N-dealkylation sites (tertiary alicyclic amines) is 1. The molecular weight excluding hydrogens is 353 g/mol. The fraction of sp³-hybridized carbons (Fsp3) is 0.474. The maximum absolute atomic E-state index is 13.6. The highest BCUT2D eigenvalue weighted by Gasteiger charge is 2.25. The minimum absolute atomic E-state index is 0.00934. The summed E-state index contributed by atoms with van der Waals surface area (Å²) in [5, 5.41) is 16.6. The van der Waals surface area contributed by atoms with Crippen molar-refractivity contribution < 1.29 is 23.6 Å². The second-order valence-corrected chi connectivity index (χ2v) is 6.74. The lowest BCUT2D eigenvalue weighted by molar-refractivity contribution is 0.0698. The first-order valence-corrected chi connectivity index (χ1v) is 9.02. The predicted molar refractivity (Wildman–Crippen MR) is 98.8 cm³/mol. The minimum Gasteiger partial charge on any atom is -0.494 e. The first kappa shape index (κ1) is 19.2. The molecule has 1 aliphatic rings. The normalized spacial score (nSPS) is 17.7. The zero-order valence-corrected chi connectivity index (χ0v) is 15.5. The van der Waals surface area contributed by atoms with E-state index in [1.807, 2.05) is 0 Å². The number of nitrogens with zero attached hydrogens (tertiary/aromatic N) is 2. The molecule has 0 amide bonds. The van der Waals surface area contributed by atoms with E-state index >= 15 is 0 Å². The zero-order chi connectivity index (χ0) is 19.4. The van der Waals surface area contributed by atoms with Crippen LogP contribution in [0.3, 0.4) is 0 Å². The third-order valence-corrected chi connectivity index (χ3v) is 5.01. The molecule has 2 aromatic rings. The van der Waals surface area contributed by atoms with Gasteiger partial charge in [-0.15, -0.1) is 0 Å². The van der Waals surface area contributed by atoms with E-state index in [-0.39, 0.29) is 22.9 Å². The highest BCUT2D eigenvalue weighted by Crippen LogP contribution is 2.32. The van der Waals surface area contributed by atoms with Crippen LogP contribution < -0.4 is 10.1 Å². The highest BCUT2D eigenvalue weighted by molar-refractivity contribution is 5.99. The van der Waals surface area contributed by atoms with Crippen molar-refractivity contribution >= 4 is 11.8 Å². The number of carboxylic acid groups (broad SMARTS) is 1. The van der Waals surface area contributed by atoms with Crippen LogP contribution in [0.2, 0.25) is 0 Å². The summed E-state index contributed by atoms with van der Waals surface area (Å²) in [4.78, 5) is 14.1. The molecule has 0 aliphatic carbocycles. The number of aromatic carboxylic acids is 1. The molecule has 1 fully saturated rings. The van der Waals surface area contributed by atoms with E-state index in [1.54, 1.807) is 0 Å². The number of piperidine rings is 1. The van der Waals surface area contributed by atoms with E-state index in [2.05, 4.69) is 22.4 Å². The number of ether oxygens (including phenoxy) is 1. The number of aromatic nitrogens is 1. The molecule has 1 aliphatic heterocycles. The molecular formula is C19H24FN3O4. The molecule has 1 saturated heterocycles. The Balaban J connectivity index is 1.76. The van der Waals surface area contributed by atoms with Crippen molar-refractivity contribution in [3.63, 3.8) is 0 Å². The molecule has 1 atom stereocenters. The molecule has 2 heterocycles. The van der Waals surface area contributed by atoms with Crippen molar-refractivity contribution in [2.45, 2.75) is 31.7 Å². The average Bonchev–Trinajstić information content (AvgIpc) is 3.08. The Hall–Kier alpha value is -2.61. The van der Waals surface area contributed by atoms with Crippen molar-refractivity contribution in [3.8, 4) is 17.1 Å². The van der Waals surface area contributed by atoms with Crippen LogP contribution >= 0.6 is 0 Å². The van der Waals surface area contributed by atoms with E-state index < -0.39 is 11.8 Å². The monoisotopic (exact) mass is 377 g/mol. The molecule has 0 spiro atoms. The first-order chi connectivity index (χ1) is 13.0. The molecule has 146 valence electrons. The van der Waals surface area contributed by atoms with Gasteiger partial charge in [-0.2, -0.15) is 0 Å². The Kier molecular flexibility index (Phi) is 5.95. The Bertz CT molecular complexity index is 808. The van der Waals surface area contributed by atoms with Gasteiger partial charge >= 0.3 is 5.97 Å². The lowest BCUT2D eigenvalue weighted by Crippen LogP contribution is -2.37. The molecule has 27 heavy (non-hydrogen) atoms. The Labute approximate surface area is 157 Å². The minimum atomic E-state index is -1.16. The van der Waals surface area contributed by atoms with Crippen LogP contribution in [-0.4, -0.2) is 54.4 Å². The van der Waals surface area contributed by atoms with E-state index in [4.69, 9.17) is 9.26 Å². The number of halogens is 1. The van der Waals surface area contributed by atoms with Crippen molar-refractivity contribution in [2.75, 3.05) is 32.6 Å². The smallest absolute Gasteiger partial charge is 0.343 e. The van der Waals surface area contributed by atoms with Crippen LogP contribution in [0.25, 0.3) is 11.3 Å². The van der Waals surface area contributed by atoms with Crippen molar-refractivity contribution in [2.24, 2.45) is 0 Å². The van der Waals surface area contributed by atoms with Gasteiger partial charge in [-0.3, -0.25) is 0 Å². The van der Waals surface area contributed by atoms with Crippen molar-refractivity contribution in [3.05, 3.63) is 29.6 Å². The van der Waals surface area contributed by atoms with Gasteiger partial charge in [0.1, 0.15) is 0 Å². The third-order valence-electron chi connectivity index (χ3n) is 5.01. The quantitative estimate of drug-likeness (QED) is 0.764. The summed E-state index contributed by atoms with van der Waals surface area (Å²) < 4.78 is 23.8. The molecule has 1 unspecified atom stereocenters. The highest BCUT2D eigenvalue weighted by atomic mass is 19.1. The second-order valence-electron chi connectivity index (χ2n) is 6.74. The Morgan fingerprint density at radius 1 is 1.48 bits per heavy atom. The number of nitrogens with one attached hydrogen (secondary N) is 1. The molecule has 1 aromatic heterocycles. The average molecular weight is 377 g/mol. The Morgan fingerprint density at radius 2 is 2.30 bits per heavy atom. The molecule has 3 rings (SSSR count). The lowest BCUT2D eigenvalue weighted by Gasteiger charge is -2.32. The molecule has 0 bridgehead atoms. The second kappa shape index (κ2) is 8.39. The molecule has 2 N–H and O–H groups in total. The summed E-state index contributed by atoms with van der Waals surface area (Å²) in [6.45, 7) is 1.68. The van der Waals surface area contributed by atoms with Crippen LogP contribution in [-0.2, 0) is 0 Å². The number of hydrogen-bond acceptors (Lipinski definition) is 6. The van der Waals surface area contributed by atoms with Crippen LogP contribution in [0.15, 0.2) is 22.7 Å². The van der Waals surface area contributed by atoms with E-state index in [1.165, 1.54) is 38.2 Å². The van der Waals surface area contributed by atoms with Crippen molar-refractivity contribution in [1.29, 1.82) is 0 Å². The lowest BCUT2D eigenvalue weighted by atomic mass is 10.0. The van der Waals surface area contributed by atoms with Gasteiger partial charge in [0.2, 0.25) is 0 Å². The summed E-state index contributed by atoms with van der Waals surface area (Å²) in [6, 6.07) is 4.51. The van der Waals surface area contributed by atoms with Gasteiger partial charge in [0, 0.05) is 18.2 Å². The van der Waals surface area contributed by atoms with Gasteiger partial charge in [0.05, 0.1) is 7.11 Å². The summed E-state index contributed by atoms with van der Waals surface area (Å²) in [5.74, 6) is -1.44. The van der Waals surface area contributed by atoms with Gasteiger partial charge in [-0.05, 0) is 51.1 Å². The summed E-state index contributed by atoms with van der Waals surface area (Å²) >= 11 is 0. The van der Waals surface area contributed by atoms with Crippen molar-refractivity contribution in [1.82, 2.24) is 10.1 Å². The summed E-state index contributed by atoms with van der Waals surface area (Å²) in [5.41, 5.74) is 0.318. The predicted octanol–water partition coefficient (Wildman–Crippen LogP) is 3.47. The van der Waals surface area contributed by atoms with Gasteiger partial charge in [-0.1, -0.05) is 11.6 Å². The van der Waals surface area contributed by atoms with Gasteiger partial charge < -0.3 is 24.6 Å². The fourth-order valence-corrected chi connectivity index (χ4v) is 3.47. The van der Waals surface area contributed by atoms with E-state index in [9.17, 15) is 14.3 Å². The maximum Gasteiger partial charge on any atom is 0.343 e. The molecule has 8 heteroatoms. The maximum atomic E-state index is 13.6. The Morgan fingerprint density at radius 3 is 3.00 bits per heavy atom. The van der Waals surface area contributed by atoms with Crippen LogP contribution in [0.5, 0.6) is 5.75 Å². The third kappa shape index (κ3) is 4.21. The summed E-state index contributed by atoms with van der Waals surface area (Å²) in [6.07, 6.45) is 4.47. The van der Waals surface area contributed by atoms with Crippen LogP contribution in [0.4, 0.5) is 10.2 Å². The molecule has 0 saturated carbocycles. The van der Waals surface area contributed by atoms with Gasteiger partial charge in [0.15, 0.2) is 28.7 Å². The number of methoxy groups -OCH3 is 1. The number of benzene rings is 1. The fourth-order valence-electron chi connectivity index (χ4n) is 3.47. The molecule has 1 aromatic carbocycles. The van der Waals surface area contributed by atoms with Gasteiger partial charge in [-0.25, -0.2) is 9.18 Å². The number of carbonyl (C=O) groups is 1. The number of rotatable bonds is 7. The summed E-state index contributed by atoms with van der Waals surface area (Å²) in [7, 11) is 3.46. The van der Waals surface area contributed by atoms with Crippen LogP contribution in [0, 0.1) is 5.82 Å². The van der Waals surface area contributed by atoms with Gasteiger partial charge in [0.25, 0.3) is 0 Å². The number of hydrogen-bond donors (Lipinski definition) is 2. The number of anilines is 1. The molecule has 0 radical (unpaired) electrons. The van der Waals surface area contributed by atoms with E-state index in [0.717, 1.165) is 19.4 Å².